The van der Waals surface area contributed by atoms with Gasteiger partial charge in [0.25, 0.3) is 0 Å². The third-order valence-corrected chi connectivity index (χ3v) is 61.0. The van der Waals surface area contributed by atoms with Crippen molar-refractivity contribution in [3.8, 4) is 22.3 Å². The molecule has 38 heavy (non-hydrogen) atoms. The first-order valence-electron chi connectivity index (χ1n) is 13.2. The van der Waals surface area contributed by atoms with Gasteiger partial charge in [-0.25, -0.2) is 0 Å². The van der Waals surface area contributed by atoms with Gasteiger partial charge >= 0.3 is 236 Å². The summed E-state index contributed by atoms with van der Waals surface area (Å²) in [5.41, 5.74) is 12.6. The summed E-state index contributed by atoms with van der Waals surface area (Å²) in [5, 5.41) is 0. The number of hydrogen-bond donors (Lipinski definition) is 0. The van der Waals surface area contributed by atoms with Gasteiger partial charge in [0.1, 0.15) is 0 Å². The van der Waals surface area contributed by atoms with E-state index in [9.17, 15) is 0 Å². The molecule has 191 valence electrons. The van der Waals surface area contributed by atoms with Gasteiger partial charge in [-0.3, -0.25) is 0 Å². The molecule has 2 aliphatic rings. The summed E-state index contributed by atoms with van der Waals surface area (Å²) in [7, 11) is 16.6. The number of benzene rings is 2. The molecule has 4 aromatic rings. The fourth-order valence-electron chi connectivity index (χ4n) is 6.97. The van der Waals surface area contributed by atoms with Gasteiger partial charge in [0, 0.05) is 0 Å². The van der Waals surface area contributed by atoms with Gasteiger partial charge in [-0.05, 0) is 0 Å². The normalized spacial score (nSPS) is 19.4. The number of hydrogen-bond acceptors (Lipinski definition) is 2. The quantitative estimate of drug-likeness (QED) is 0.205. The van der Waals surface area contributed by atoms with Crippen molar-refractivity contribution in [3.63, 3.8) is 0 Å². The van der Waals surface area contributed by atoms with Crippen LogP contribution in [0.2, 0.25) is 13.1 Å². The molecule has 2 aromatic heterocycles. The van der Waals surface area contributed by atoms with Crippen molar-refractivity contribution in [2.45, 2.75) is 34.2 Å². The fraction of sp³-hybridized carbons (Fsp3) is 0.188. The molecule has 6 heteroatoms. The van der Waals surface area contributed by atoms with Gasteiger partial charge in [-0.15, -0.1) is 0 Å². The third-order valence-electron chi connectivity index (χ3n) is 8.75. The average Bonchev–Trinajstić information content (AvgIpc) is 3.46. The number of allylic oxidation sites excluding steroid dienone is 2. The molecule has 2 unspecified atom stereocenters. The number of pyridine rings is 2. The summed E-state index contributed by atoms with van der Waals surface area (Å²) < 4.78 is 0.180. The first kappa shape index (κ1) is 26.1. The minimum absolute atomic E-state index is 0.0899. The summed E-state index contributed by atoms with van der Waals surface area (Å²) in [6, 6.07) is 21.6. The van der Waals surface area contributed by atoms with Crippen molar-refractivity contribution in [2.24, 2.45) is 0 Å². The Morgan fingerprint density at radius 2 is 1.03 bits per heavy atom. The Kier molecular flexibility index (Phi) is 6.55. The van der Waals surface area contributed by atoms with Crippen LogP contribution in [0.5, 0.6) is 0 Å². The van der Waals surface area contributed by atoms with Crippen LogP contribution in [-0.2, 0) is 15.6 Å². The first-order valence-corrected chi connectivity index (χ1v) is 29.5. The van der Waals surface area contributed by atoms with Crippen molar-refractivity contribution in [1.82, 2.24) is 9.97 Å². The second-order valence-corrected chi connectivity index (χ2v) is 53.6. The summed E-state index contributed by atoms with van der Waals surface area (Å²) in [4.78, 5) is 8.45. The molecule has 0 amide bonds. The molecule has 0 spiro atoms. The van der Waals surface area contributed by atoms with Gasteiger partial charge < -0.3 is 0 Å². The topological polar surface area (TPSA) is 25.8 Å². The van der Waals surface area contributed by atoms with E-state index < -0.39 is 21.5 Å². The molecule has 2 aromatic carbocycles. The Hall–Kier alpha value is -2.10. The van der Waals surface area contributed by atoms with Crippen LogP contribution in [0.4, 0.5) is 0 Å². The first-order chi connectivity index (χ1) is 18.2. The predicted octanol–water partition coefficient (Wildman–Crippen LogP) is 9.41. The maximum atomic E-state index is 8.32. The summed E-state index contributed by atoms with van der Waals surface area (Å²) >= 11 is -4.65. The maximum absolute atomic E-state index is 8.32. The van der Waals surface area contributed by atoms with Gasteiger partial charge in [0.05, 0.1) is 0 Å². The van der Waals surface area contributed by atoms with Crippen molar-refractivity contribution >= 4 is 35.1 Å². The zero-order valence-electron chi connectivity index (χ0n) is 22.1. The van der Waals surface area contributed by atoms with Crippen LogP contribution in [0.15, 0.2) is 96.6 Å². The minimum atomic E-state index is -4.65. The standard InChI is InChI=1S/2C15H12N.C2H7Si.2ClH.Zr/c2*1-11-9-13-3-2-4-14(15(13)10-11)12-5-7-16-8-6-12;1-3-2;;;/h2*2-10H,1H3;3H,1-2H3;2*1H;/q;;;;;+2/p-2. The second-order valence-electron chi connectivity index (χ2n) is 11.1. The molecule has 0 bridgehead atoms. The summed E-state index contributed by atoms with van der Waals surface area (Å²) in [5.74, 6) is -1.56. The number of rotatable bonds is 5. The van der Waals surface area contributed by atoms with Crippen LogP contribution in [0, 0.1) is 0 Å². The molecule has 2 atom stereocenters. The molecule has 2 nitrogen and oxygen atoms in total. The van der Waals surface area contributed by atoms with E-state index in [1.165, 1.54) is 55.7 Å². The van der Waals surface area contributed by atoms with E-state index >= 15 is 0 Å². The van der Waals surface area contributed by atoms with Crippen LogP contribution in [-0.4, -0.2) is 15.9 Å². The van der Waals surface area contributed by atoms with E-state index in [-0.39, 0.29) is 7.25 Å². The molecule has 0 radical (unpaired) electrons. The number of aromatic nitrogens is 2. The van der Waals surface area contributed by atoms with Crippen molar-refractivity contribution in [3.05, 3.63) is 119 Å². The molecular formula is C32H31Cl2N2SiZr. The molecule has 0 fully saturated rings. The van der Waals surface area contributed by atoms with Crippen molar-refractivity contribution in [1.29, 1.82) is 0 Å². The second kappa shape index (κ2) is 9.52. The van der Waals surface area contributed by atoms with E-state index in [2.05, 4.69) is 110 Å². The van der Waals surface area contributed by atoms with E-state index in [4.69, 9.17) is 17.0 Å². The van der Waals surface area contributed by atoms with E-state index in [1.807, 2.05) is 24.8 Å². The van der Waals surface area contributed by atoms with Crippen molar-refractivity contribution in [2.75, 3.05) is 0 Å². The molecule has 6 rings (SSSR count). The number of fused-ring (bicyclic) bond motifs is 2. The van der Waals surface area contributed by atoms with Gasteiger partial charge in [-0.1, -0.05) is 0 Å². The Bertz CT molecular complexity index is 1500. The fourth-order valence-corrected chi connectivity index (χ4v) is 39.9. The Balaban J connectivity index is 1.56. The van der Waals surface area contributed by atoms with Crippen LogP contribution in [0.3, 0.4) is 0 Å². The Morgan fingerprint density at radius 3 is 1.39 bits per heavy atom. The van der Waals surface area contributed by atoms with Gasteiger partial charge in [0.15, 0.2) is 0 Å². The molecule has 0 saturated carbocycles. The SMILES string of the molecule is CC1=Cc2c(-c3ccncc3)cccc2[CH]1[Zr]([Cl])([Cl])([CH]1C(C)=Cc2c(-c3ccncc3)cccc21)[SiH](C)C. The van der Waals surface area contributed by atoms with Crippen molar-refractivity contribution < 1.29 is 15.6 Å². The molecule has 0 saturated heterocycles. The van der Waals surface area contributed by atoms with Gasteiger partial charge in [-0.2, -0.15) is 0 Å². The molecular weight excluding hydrogens is 603 g/mol. The third kappa shape index (κ3) is 3.83. The van der Waals surface area contributed by atoms with Crippen LogP contribution in [0.1, 0.15) is 43.4 Å². The predicted molar refractivity (Wildman–Crippen MR) is 163 cm³/mol. The van der Waals surface area contributed by atoms with Crippen LogP contribution >= 0.6 is 17.0 Å². The zero-order chi connectivity index (χ0) is 26.7. The van der Waals surface area contributed by atoms with Gasteiger partial charge in [0.2, 0.25) is 0 Å². The van der Waals surface area contributed by atoms with Crippen LogP contribution < -0.4 is 0 Å². The Labute approximate surface area is 234 Å². The molecule has 0 aliphatic heterocycles. The number of halogens is 2. The average molecular weight is 634 g/mol. The Morgan fingerprint density at radius 1 is 0.632 bits per heavy atom. The zero-order valence-corrected chi connectivity index (χ0v) is 27.2. The van der Waals surface area contributed by atoms with E-state index in [0.717, 1.165) is 0 Å². The molecule has 2 aliphatic carbocycles. The van der Waals surface area contributed by atoms with E-state index in [1.54, 1.807) is 0 Å². The van der Waals surface area contributed by atoms with E-state index in [0.29, 0.717) is 0 Å². The monoisotopic (exact) mass is 631 g/mol. The molecule has 2 heterocycles. The molecule has 0 N–H and O–H groups in total. The summed E-state index contributed by atoms with van der Waals surface area (Å²) in [6.45, 7) is 9.28. The summed E-state index contributed by atoms with van der Waals surface area (Å²) in [6.07, 6.45) is 12.1. The number of nitrogens with zero attached hydrogens (tertiary/aromatic N) is 2. The van der Waals surface area contributed by atoms with Crippen LogP contribution in [0.25, 0.3) is 34.4 Å².